The Morgan fingerprint density at radius 2 is 2.09 bits per heavy atom. The summed E-state index contributed by atoms with van der Waals surface area (Å²) in [7, 11) is 5.10. The molecule has 174 valence electrons. The lowest BCUT2D eigenvalue weighted by Gasteiger charge is -2.21. The van der Waals surface area contributed by atoms with Crippen LogP contribution < -0.4 is 10.1 Å². The summed E-state index contributed by atoms with van der Waals surface area (Å²) in [5.41, 5.74) is 3.26. The van der Waals surface area contributed by atoms with E-state index in [9.17, 15) is 4.79 Å². The van der Waals surface area contributed by atoms with Crippen molar-refractivity contribution in [3.8, 4) is 5.75 Å². The van der Waals surface area contributed by atoms with E-state index in [-0.39, 0.29) is 11.5 Å². The molecule has 33 heavy (non-hydrogen) atoms. The Morgan fingerprint density at radius 1 is 1.30 bits per heavy atom. The molecule has 1 aromatic carbocycles. The number of aromatic nitrogens is 4. The van der Waals surface area contributed by atoms with Crippen LogP contribution in [0.15, 0.2) is 28.7 Å². The van der Waals surface area contributed by atoms with Crippen molar-refractivity contribution in [1.82, 2.24) is 19.7 Å². The van der Waals surface area contributed by atoms with Crippen LogP contribution in [0.2, 0.25) is 0 Å². The molecule has 0 saturated heterocycles. The number of ether oxygens (including phenoxy) is 2. The summed E-state index contributed by atoms with van der Waals surface area (Å²) in [5, 5.41) is 8.09. The number of thiazole rings is 1. The minimum atomic E-state index is -0.287. The second-order valence-corrected chi connectivity index (χ2v) is 10.7. The fourth-order valence-electron chi connectivity index (χ4n) is 3.48. The molecular weight excluding hydrogens is 458 g/mol. The second kappa shape index (κ2) is 9.28. The number of aryl methyl sites for hydroxylation is 2. The highest BCUT2D eigenvalue weighted by Crippen LogP contribution is 2.34. The lowest BCUT2D eigenvalue weighted by atomic mass is 10.1. The van der Waals surface area contributed by atoms with Crippen LogP contribution in [-0.4, -0.2) is 51.2 Å². The summed E-state index contributed by atoms with van der Waals surface area (Å²) in [6, 6.07) is 5.73. The quantitative estimate of drug-likeness (QED) is 0.349. The summed E-state index contributed by atoms with van der Waals surface area (Å²) >= 11 is 3.34. The van der Waals surface area contributed by atoms with Crippen LogP contribution in [0.5, 0.6) is 5.75 Å². The number of anilines is 1. The van der Waals surface area contributed by atoms with Gasteiger partial charge in [-0.2, -0.15) is 5.10 Å². The number of amides is 1. The van der Waals surface area contributed by atoms with Crippen LogP contribution in [0.1, 0.15) is 36.3 Å². The van der Waals surface area contributed by atoms with E-state index in [0.29, 0.717) is 22.6 Å². The number of thioether (sulfide) groups is 1. The molecule has 0 unspecified atom stereocenters. The van der Waals surface area contributed by atoms with Gasteiger partial charge in [0.15, 0.2) is 9.99 Å². The van der Waals surface area contributed by atoms with E-state index < -0.39 is 0 Å². The summed E-state index contributed by atoms with van der Waals surface area (Å²) in [6.07, 6.45) is 2.46. The third-order valence-electron chi connectivity index (χ3n) is 5.54. The highest BCUT2D eigenvalue weighted by atomic mass is 32.2. The number of nitrogens with zero attached hydrogens (tertiary/aromatic N) is 4. The molecule has 0 spiro atoms. The van der Waals surface area contributed by atoms with Gasteiger partial charge in [-0.05, 0) is 45.4 Å². The maximum absolute atomic E-state index is 13.1. The summed E-state index contributed by atoms with van der Waals surface area (Å²) < 4.78 is 14.8. The third kappa shape index (κ3) is 4.83. The molecule has 0 atom stereocenters. The smallest absolute Gasteiger partial charge is 0.261 e. The zero-order valence-electron chi connectivity index (χ0n) is 19.6. The lowest BCUT2D eigenvalue weighted by Crippen LogP contribution is -2.22. The number of fused-ring (bicyclic) bond motifs is 2. The van der Waals surface area contributed by atoms with Crippen molar-refractivity contribution in [2.45, 2.75) is 37.1 Å². The van der Waals surface area contributed by atoms with E-state index in [1.807, 2.05) is 32.2 Å². The van der Waals surface area contributed by atoms with Gasteiger partial charge in [-0.1, -0.05) is 11.8 Å². The Morgan fingerprint density at radius 3 is 2.82 bits per heavy atom. The SMILES string of the molecule is COc1c(C(=O)Nc2ccc3nc(SCCC(C)(C)OC)sc3c2)cnc2c1c(C)nn2C. The first-order chi connectivity index (χ1) is 15.7. The number of hydrogen-bond acceptors (Lipinski definition) is 8. The van der Waals surface area contributed by atoms with Crippen LogP contribution in [-0.2, 0) is 11.8 Å². The summed E-state index contributed by atoms with van der Waals surface area (Å²) in [4.78, 5) is 22.2. The first-order valence-electron chi connectivity index (χ1n) is 10.5. The Bertz CT molecular complexity index is 1330. The van der Waals surface area contributed by atoms with Crippen molar-refractivity contribution >= 4 is 55.9 Å². The van der Waals surface area contributed by atoms with Gasteiger partial charge in [0.1, 0.15) is 11.3 Å². The van der Waals surface area contributed by atoms with E-state index in [1.165, 1.54) is 6.20 Å². The van der Waals surface area contributed by atoms with Gasteiger partial charge in [-0.3, -0.25) is 9.48 Å². The first kappa shape index (κ1) is 23.5. The molecule has 0 bridgehead atoms. The van der Waals surface area contributed by atoms with Crippen molar-refractivity contribution < 1.29 is 14.3 Å². The van der Waals surface area contributed by atoms with Gasteiger partial charge >= 0.3 is 0 Å². The third-order valence-corrected chi connectivity index (χ3v) is 7.70. The maximum atomic E-state index is 13.1. The van der Waals surface area contributed by atoms with Gasteiger partial charge in [-0.15, -0.1) is 11.3 Å². The fourth-order valence-corrected chi connectivity index (χ4v) is 5.90. The molecule has 0 saturated carbocycles. The van der Waals surface area contributed by atoms with E-state index in [4.69, 9.17) is 14.5 Å². The van der Waals surface area contributed by atoms with Crippen molar-refractivity contribution in [1.29, 1.82) is 0 Å². The number of pyridine rings is 1. The fraction of sp³-hybridized carbons (Fsp3) is 0.391. The number of nitrogens with one attached hydrogen (secondary N) is 1. The zero-order valence-corrected chi connectivity index (χ0v) is 21.2. The highest BCUT2D eigenvalue weighted by Gasteiger charge is 2.21. The lowest BCUT2D eigenvalue weighted by molar-refractivity contribution is 0.0207. The number of rotatable bonds is 8. The highest BCUT2D eigenvalue weighted by molar-refractivity contribution is 8.01. The Labute approximate surface area is 200 Å². The number of methoxy groups -OCH3 is 2. The van der Waals surface area contributed by atoms with Gasteiger partial charge in [0.05, 0.1) is 34.0 Å². The molecule has 10 heteroatoms. The molecule has 3 heterocycles. The summed E-state index contributed by atoms with van der Waals surface area (Å²) in [6.45, 7) is 6.04. The number of carbonyl (C=O) groups is 1. The van der Waals surface area contributed by atoms with Crippen LogP contribution in [0, 0.1) is 6.92 Å². The van der Waals surface area contributed by atoms with E-state index in [1.54, 1.807) is 42.0 Å². The number of benzene rings is 1. The van der Waals surface area contributed by atoms with Gasteiger partial charge in [0.25, 0.3) is 5.91 Å². The molecule has 1 amide bonds. The molecular formula is C23H27N5O3S2. The largest absolute Gasteiger partial charge is 0.495 e. The van der Waals surface area contributed by atoms with Gasteiger partial charge < -0.3 is 14.8 Å². The monoisotopic (exact) mass is 485 g/mol. The average Bonchev–Trinajstić information content (AvgIpc) is 3.32. The Balaban J connectivity index is 1.53. The minimum absolute atomic E-state index is 0.144. The Hall–Kier alpha value is -2.69. The summed E-state index contributed by atoms with van der Waals surface area (Å²) in [5.74, 6) is 1.11. The van der Waals surface area contributed by atoms with Crippen molar-refractivity contribution in [3.05, 3.63) is 35.7 Å². The number of hydrogen-bond donors (Lipinski definition) is 1. The normalized spacial score (nSPS) is 11.9. The standard InChI is InChI=1S/C23H27N5O3S2/c1-13-18-19(30-5)15(12-24-20(18)28(4)27-13)21(29)25-14-7-8-16-17(11-14)33-22(26-16)32-10-9-23(2,3)31-6/h7-8,11-12H,9-10H2,1-6H3,(H,25,29). The molecule has 4 aromatic rings. The molecule has 4 rings (SSSR count). The van der Waals surface area contributed by atoms with Crippen molar-refractivity contribution in [2.24, 2.45) is 7.05 Å². The van der Waals surface area contributed by atoms with Crippen LogP contribution in [0.3, 0.4) is 0 Å². The minimum Gasteiger partial charge on any atom is -0.495 e. The van der Waals surface area contributed by atoms with E-state index in [0.717, 1.165) is 37.8 Å². The predicted molar refractivity (Wildman–Crippen MR) is 134 cm³/mol. The number of carbonyl (C=O) groups excluding carboxylic acids is 1. The van der Waals surface area contributed by atoms with Crippen LogP contribution in [0.4, 0.5) is 5.69 Å². The Kier molecular flexibility index (Phi) is 6.60. The molecule has 0 aliphatic heterocycles. The molecule has 0 aliphatic carbocycles. The van der Waals surface area contributed by atoms with Crippen LogP contribution in [0.25, 0.3) is 21.3 Å². The molecule has 8 nitrogen and oxygen atoms in total. The van der Waals surface area contributed by atoms with Gasteiger partial charge in [0.2, 0.25) is 0 Å². The maximum Gasteiger partial charge on any atom is 0.261 e. The van der Waals surface area contributed by atoms with Crippen molar-refractivity contribution in [3.63, 3.8) is 0 Å². The molecule has 0 fully saturated rings. The van der Waals surface area contributed by atoms with Gasteiger partial charge in [0, 0.05) is 31.8 Å². The second-order valence-electron chi connectivity index (χ2n) is 8.29. The van der Waals surface area contributed by atoms with E-state index in [2.05, 4.69) is 29.2 Å². The molecule has 0 aliphatic rings. The molecule has 1 N–H and O–H groups in total. The predicted octanol–water partition coefficient (Wildman–Crippen LogP) is 5.05. The molecule has 3 aromatic heterocycles. The first-order valence-corrected chi connectivity index (χ1v) is 12.3. The average molecular weight is 486 g/mol. The molecule has 0 radical (unpaired) electrons. The van der Waals surface area contributed by atoms with Crippen LogP contribution >= 0.6 is 23.1 Å². The van der Waals surface area contributed by atoms with E-state index >= 15 is 0 Å². The van der Waals surface area contributed by atoms with Crippen molar-refractivity contribution in [2.75, 3.05) is 25.3 Å². The topological polar surface area (TPSA) is 91.2 Å². The zero-order chi connectivity index (χ0) is 23.8. The van der Waals surface area contributed by atoms with Gasteiger partial charge in [-0.25, -0.2) is 9.97 Å².